The van der Waals surface area contributed by atoms with Crippen LogP contribution in [0.5, 0.6) is 0 Å². The van der Waals surface area contributed by atoms with Gasteiger partial charge in [0, 0.05) is 26.2 Å². The molecule has 0 saturated carbocycles. The van der Waals surface area contributed by atoms with Crippen LogP contribution in [0.1, 0.15) is 45.4 Å². The lowest BCUT2D eigenvalue weighted by Crippen LogP contribution is -2.38. The Labute approximate surface area is 158 Å². The molecule has 1 aliphatic carbocycles. The highest BCUT2D eigenvalue weighted by molar-refractivity contribution is 14.0. The number of sulfonamides is 1. The number of halogens is 1. The van der Waals surface area contributed by atoms with E-state index < -0.39 is 10.0 Å². The average Bonchev–Trinajstić information content (AvgIpc) is 2.47. The first-order valence-corrected chi connectivity index (χ1v) is 10.0. The zero-order valence-electron chi connectivity index (χ0n) is 14.2. The van der Waals surface area contributed by atoms with Crippen LogP contribution in [0, 0.1) is 0 Å². The van der Waals surface area contributed by atoms with Crippen LogP contribution < -0.4 is 15.4 Å². The molecule has 6 nitrogen and oxygen atoms in total. The second-order valence-electron chi connectivity index (χ2n) is 5.57. The predicted molar refractivity (Wildman–Crippen MR) is 108 cm³/mol. The third-order valence-electron chi connectivity index (χ3n) is 3.44. The fourth-order valence-electron chi connectivity index (χ4n) is 2.34. The first-order valence-electron chi connectivity index (χ1n) is 8.16. The Kier molecular flexibility index (Phi) is 12.8. The average molecular weight is 458 g/mol. The molecule has 0 saturated heterocycles. The minimum Gasteiger partial charge on any atom is -0.357 e. The van der Waals surface area contributed by atoms with E-state index in [-0.39, 0.29) is 24.0 Å². The molecule has 136 valence electrons. The predicted octanol–water partition coefficient (Wildman–Crippen LogP) is 1.99. The molecule has 0 unspecified atom stereocenters. The van der Waals surface area contributed by atoms with Crippen molar-refractivity contribution in [1.82, 2.24) is 15.4 Å². The quantitative estimate of drug-likeness (QED) is 0.162. The molecular weight excluding hydrogens is 427 g/mol. The second kappa shape index (κ2) is 13.0. The van der Waals surface area contributed by atoms with Crippen molar-refractivity contribution in [3.05, 3.63) is 11.6 Å². The maximum absolute atomic E-state index is 10.9. The number of guanidine groups is 1. The van der Waals surface area contributed by atoms with Gasteiger partial charge in [0.1, 0.15) is 0 Å². The summed E-state index contributed by atoms with van der Waals surface area (Å²) in [7, 11) is -3.10. The number of hydrogen-bond acceptors (Lipinski definition) is 3. The van der Waals surface area contributed by atoms with Crippen LogP contribution in [0.4, 0.5) is 0 Å². The van der Waals surface area contributed by atoms with E-state index in [1.807, 2.05) is 6.92 Å². The van der Waals surface area contributed by atoms with E-state index in [1.54, 1.807) is 5.57 Å². The molecule has 0 spiro atoms. The van der Waals surface area contributed by atoms with Crippen LogP contribution in [-0.2, 0) is 10.0 Å². The lowest BCUT2D eigenvalue weighted by Gasteiger charge is -2.15. The third kappa shape index (κ3) is 12.7. The van der Waals surface area contributed by atoms with Gasteiger partial charge in [-0.3, -0.25) is 4.99 Å². The van der Waals surface area contributed by atoms with Crippen molar-refractivity contribution in [2.24, 2.45) is 4.99 Å². The van der Waals surface area contributed by atoms with Gasteiger partial charge in [0.05, 0.1) is 6.26 Å². The van der Waals surface area contributed by atoms with Crippen molar-refractivity contribution >= 4 is 40.0 Å². The lowest BCUT2D eigenvalue weighted by atomic mass is 9.97. The topological polar surface area (TPSA) is 82.6 Å². The van der Waals surface area contributed by atoms with E-state index in [9.17, 15) is 8.42 Å². The molecule has 1 rings (SSSR count). The van der Waals surface area contributed by atoms with Crippen LogP contribution in [-0.4, -0.2) is 46.8 Å². The fourth-order valence-corrected chi connectivity index (χ4v) is 2.86. The minimum atomic E-state index is -3.10. The smallest absolute Gasteiger partial charge is 0.208 e. The van der Waals surface area contributed by atoms with Gasteiger partial charge in [-0.15, -0.1) is 24.0 Å². The Morgan fingerprint density at radius 2 is 2.04 bits per heavy atom. The van der Waals surface area contributed by atoms with Gasteiger partial charge in [0.2, 0.25) is 10.0 Å². The standard InChI is InChI=1S/C15H30N4O2S.HI/c1-3-16-15(17-11-7-12-19-22(2,20)21)18-13-10-14-8-5-4-6-9-14;/h8,19H,3-7,9-13H2,1-2H3,(H2,16,17,18);1H. The summed E-state index contributed by atoms with van der Waals surface area (Å²) in [5.41, 5.74) is 1.55. The molecule has 0 aromatic heterocycles. The van der Waals surface area contributed by atoms with Gasteiger partial charge in [-0.05, 0) is 45.4 Å². The summed E-state index contributed by atoms with van der Waals surface area (Å²) >= 11 is 0. The Bertz CT molecular complexity index is 478. The normalized spacial score (nSPS) is 15.6. The fraction of sp³-hybridized carbons (Fsp3) is 0.800. The Morgan fingerprint density at radius 3 is 2.65 bits per heavy atom. The lowest BCUT2D eigenvalue weighted by molar-refractivity contribution is 0.585. The Morgan fingerprint density at radius 1 is 1.26 bits per heavy atom. The highest BCUT2D eigenvalue weighted by Crippen LogP contribution is 2.19. The van der Waals surface area contributed by atoms with Crippen LogP contribution in [0.25, 0.3) is 0 Å². The summed E-state index contributed by atoms with van der Waals surface area (Å²) < 4.78 is 24.4. The van der Waals surface area contributed by atoms with E-state index in [1.165, 1.54) is 31.9 Å². The van der Waals surface area contributed by atoms with E-state index >= 15 is 0 Å². The molecule has 0 amide bonds. The molecule has 23 heavy (non-hydrogen) atoms. The van der Waals surface area contributed by atoms with Crippen molar-refractivity contribution in [3.63, 3.8) is 0 Å². The first-order chi connectivity index (χ1) is 10.5. The van der Waals surface area contributed by atoms with Gasteiger partial charge >= 0.3 is 0 Å². The van der Waals surface area contributed by atoms with Gasteiger partial charge in [-0.25, -0.2) is 13.1 Å². The third-order valence-corrected chi connectivity index (χ3v) is 4.17. The monoisotopic (exact) mass is 458 g/mol. The molecule has 0 bridgehead atoms. The molecule has 0 aliphatic heterocycles. The molecule has 8 heteroatoms. The molecule has 0 aromatic rings. The van der Waals surface area contributed by atoms with E-state index in [4.69, 9.17) is 0 Å². The van der Waals surface area contributed by atoms with E-state index in [0.29, 0.717) is 19.5 Å². The van der Waals surface area contributed by atoms with Gasteiger partial charge < -0.3 is 10.6 Å². The molecule has 1 aliphatic rings. The SMILES string of the molecule is CCNC(=NCCCNS(C)(=O)=O)NCCC1=CCCCC1.I. The molecule has 0 heterocycles. The Hall–Kier alpha value is -0.350. The van der Waals surface area contributed by atoms with Gasteiger partial charge in [-0.2, -0.15) is 0 Å². The number of nitrogens with one attached hydrogen (secondary N) is 3. The summed E-state index contributed by atoms with van der Waals surface area (Å²) in [5.74, 6) is 0.804. The van der Waals surface area contributed by atoms with Gasteiger partial charge in [-0.1, -0.05) is 11.6 Å². The van der Waals surface area contributed by atoms with Crippen LogP contribution in [0.3, 0.4) is 0 Å². The van der Waals surface area contributed by atoms with Crippen LogP contribution in [0.2, 0.25) is 0 Å². The highest BCUT2D eigenvalue weighted by atomic mass is 127. The summed E-state index contributed by atoms with van der Waals surface area (Å²) in [6.07, 6.45) is 10.4. The highest BCUT2D eigenvalue weighted by Gasteiger charge is 2.04. The summed E-state index contributed by atoms with van der Waals surface area (Å²) in [6.45, 7) is 4.76. The summed E-state index contributed by atoms with van der Waals surface area (Å²) in [4.78, 5) is 4.46. The van der Waals surface area contributed by atoms with E-state index in [0.717, 1.165) is 25.5 Å². The minimum absolute atomic E-state index is 0. The number of hydrogen-bond donors (Lipinski definition) is 3. The number of aliphatic imine (C=N–C) groups is 1. The van der Waals surface area contributed by atoms with Crippen molar-refractivity contribution < 1.29 is 8.42 Å². The molecule has 0 atom stereocenters. The first kappa shape index (κ1) is 22.6. The van der Waals surface area contributed by atoms with Crippen molar-refractivity contribution in [2.75, 3.05) is 32.4 Å². The molecule has 0 fully saturated rings. The number of rotatable bonds is 9. The summed E-state index contributed by atoms with van der Waals surface area (Å²) in [6, 6.07) is 0. The second-order valence-corrected chi connectivity index (χ2v) is 7.40. The van der Waals surface area contributed by atoms with E-state index in [2.05, 4.69) is 26.4 Å². The van der Waals surface area contributed by atoms with Gasteiger partial charge in [0.25, 0.3) is 0 Å². The largest absolute Gasteiger partial charge is 0.357 e. The Balaban J connectivity index is 0.00000484. The molecule has 0 radical (unpaired) electrons. The molecular formula is C15H31IN4O2S. The van der Waals surface area contributed by atoms with Crippen LogP contribution in [0.15, 0.2) is 16.6 Å². The molecule has 3 N–H and O–H groups in total. The maximum atomic E-state index is 10.9. The number of allylic oxidation sites excluding steroid dienone is 1. The summed E-state index contributed by atoms with van der Waals surface area (Å²) in [5, 5.41) is 6.54. The van der Waals surface area contributed by atoms with Gasteiger partial charge in [0.15, 0.2) is 5.96 Å². The zero-order valence-corrected chi connectivity index (χ0v) is 17.4. The van der Waals surface area contributed by atoms with Crippen molar-refractivity contribution in [3.8, 4) is 0 Å². The van der Waals surface area contributed by atoms with Crippen molar-refractivity contribution in [2.45, 2.75) is 45.4 Å². The van der Waals surface area contributed by atoms with Crippen molar-refractivity contribution in [1.29, 1.82) is 0 Å². The van der Waals surface area contributed by atoms with Crippen LogP contribution >= 0.6 is 24.0 Å². The zero-order chi connectivity index (χ0) is 16.3. The maximum Gasteiger partial charge on any atom is 0.208 e. The number of nitrogens with zero attached hydrogens (tertiary/aromatic N) is 1. The molecule has 0 aromatic carbocycles.